The zero-order valence-corrected chi connectivity index (χ0v) is 17.8. The summed E-state index contributed by atoms with van der Waals surface area (Å²) in [5, 5.41) is 0. The van der Waals surface area contributed by atoms with Gasteiger partial charge in [-0.3, -0.25) is 14.5 Å². The van der Waals surface area contributed by atoms with Gasteiger partial charge in [-0.05, 0) is 24.1 Å². The van der Waals surface area contributed by atoms with Gasteiger partial charge in [0.25, 0.3) is 5.91 Å². The van der Waals surface area contributed by atoms with Crippen molar-refractivity contribution in [2.24, 2.45) is 0 Å². The molecule has 0 radical (unpaired) electrons. The lowest BCUT2D eigenvalue weighted by atomic mass is 10.2. The number of amides is 2. The number of hydrogen-bond acceptors (Lipinski definition) is 4. The Hall–Kier alpha value is -2.70. The molecule has 0 unspecified atom stereocenters. The lowest BCUT2D eigenvalue weighted by molar-refractivity contribution is -0.135. The first-order chi connectivity index (χ1) is 14.1. The molecule has 1 saturated heterocycles. The van der Waals surface area contributed by atoms with Gasteiger partial charge in [-0.1, -0.05) is 96.8 Å². The van der Waals surface area contributed by atoms with Gasteiger partial charge in [-0.25, -0.2) is 0 Å². The number of benzene rings is 2. The third kappa shape index (κ3) is 5.65. The highest BCUT2D eigenvalue weighted by Crippen LogP contribution is 2.31. The average Bonchev–Trinajstić information content (AvgIpc) is 3.01. The molecule has 1 aliphatic heterocycles. The largest absolute Gasteiger partial charge is 0.337 e. The van der Waals surface area contributed by atoms with Crippen molar-refractivity contribution < 1.29 is 9.59 Å². The number of carbonyl (C=O) groups excluding carboxylic acids is 2. The summed E-state index contributed by atoms with van der Waals surface area (Å²) in [4.78, 5) is 29.1. The van der Waals surface area contributed by atoms with E-state index in [-0.39, 0.29) is 18.4 Å². The van der Waals surface area contributed by atoms with E-state index in [0.29, 0.717) is 22.3 Å². The lowest BCUT2D eigenvalue weighted by Crippen LogP contribution is -2.41. The maximum absolute atomic E-state index is 12.8. The molecular weight excluding hydrogens is 400 g/mol. The number of thioether (sulfide) groups is 1. The van der Waals surface area contributed by atoms with E-state index < -0.39 is 0 Å². The van der Waals surface area contributed by atoms with Crippen LogP contribution in [0.1, 0.15) is 18.1 Å². The molecule has 1 fully saturated rings. The van der Waals surface area contributed by atoms with E-state index in [1.54, 1.807) is 11.0 Å². The minimum absolute atomic E-state index is 0.0366. The zero-order valence-electron chi connectivity index (χ0n) is 16.2. The second kappa shape index (κ2) is 10.2. The standard InChI is InChI=1S/C23H22N2O2S2/c1-2-24(16-19-12-7-4-8-13-19)21(26)17-25-22(27)20(29-23(25)28)15-9-14-18-10-5-3-6-11-18/h3-15H,2,16-17H2,1H3/b14-9+,20-15-. The van der Waals surface area contributed by atoms with E-state index in [9.17, 15) is 9.59 Å². The molecule has 0 aliphatic carbocycles. The highest BCUT2D eigenvalue weighted by molar-refractivity contribution is 8.26. The SMILES string of the molecule is CCN(Cc1ccccc1)C(=O)CN1C(=O)/C(=C/C=C/c2ccccc2)SC1=S. The molecule has 29 heavy (non-hydrogen) atoms. The maximum Gasteiger partial charge on any atom is 0.266 e. The number of rotatable bonds is 7. The fourth-order valence-corrected chi connectivity index (χ4v) is 4.08. The third-order valence-corrected chi connectivity index (χ3v) is 5.85. The number of thiocarbonyl (C=S) groups is 1. The minimum Gasteiger partial charge on any atom is -0.337 e. The molecule has 0 N–H and O–H groups in total. The Bertz CT molecular complexity index is 940. The first-order valence-electron chi connectivity index (χ1n) is 9.37. The van der Waals surface area contributed by atoms with Crippen LogP contribution in [0.15, 0.2) is 77.7 Å². The van der Waals surface area contributed by atoms with Crippen LogP contribution < -0.4 is 0 Å². The van der Waals surface area contributed by atoms with Crippen LogP contribution in [0.25, 0.3) is 6.08 Å². The molecule has 0 bridgehead atoms. The maximum atomic E-state index is 12.8. The number of likely N-dealkylation sites (N-methyl/N-ethyl adjacent to an activating group) is 1. The molecule has 4 nitrogen and oxygen atoms in total. The summed E-state index contributed by atoms with van der Waals surface area (Å²) >= 11 is 6.57. The Labute approximate surface area is 180 Å². The van der Waals surface area contributed by atoms with Crippen LogP contribution in [0.3, 0.4) is 0 Å². The highest BCUT2D eigenvalue weighted by atomic mass is 32.2. The Kier molecular flexibility index (Phi) is 7.38. The van der Waals surface area contributed by atoms with Crippen LogP contribution in [-0.4, -0.2) is 39.0 Å². The van der Waals surface area contributed by atoms with Crippen molar-refractivity contribution in [3.63, 3.8) is 0 Å². The number of allylic oxidation sites excluding steroid dienone is 2. The number of carbonyl (C=O) groups is 2. The van der Waals surface area contributed by atoms with E-state index in [2.05, 4.69) is 0 Å². The van der Waals surface area contributed by atoms with E-state index in [1.165, 1.54) is 16.7 Å². The fourth-order valence-electron chi connectivity index (χ4n) is 2.88. The summed E-state index contributed by atoms with van der Waals surface area (Å²) in [6, 6.07) is 19.7. The van der Waals surface area contributed by atoms with E-state index in [0.717, 1.165) is 11.1 Å². The summed E-state index contributed by atoms with van der Waals surface area (Å²) in [6.07, 6.45) is 5.51. The second-order valence-corrected chi connectivity index (χ2v) is 8.13. The second-order valence-electron chi connectivity index (χ2n) is 6.45. The van der Waals surface area contributed by atoms with E-state index >= 15 is 0 Å². The monoisotopic (exact) mass is 422 g/mol. The Morgan fingerprint density at radius 3 is 2.41 bits per heavy atom. The van der Waals surface area contributed by atoms with Gasteiger partial charge >= 0.3 is 0 Å². The van der Waals surface area contributed by atoms with Crippen molar-refractivity contribution in [2.45, 2.75) is 13.5 Å². The molecule has 0 spiro atoms. The molecule has 2 aromatic rings. The smallest absolute Gasteiger partial charge is 0.266 e. The summed E-state index contributed by atoms with van der Waals surface area (Å²) in [6.45, 7) is 2.98. The van der Waals surface area contributed by atoms with Gasteiger partial charge in [-0.2, -0.15) is 0 Å². The van der Waals surface area contributed by atoms with Gasteiger partial charge in [0.2, 0.25) is 5.91 Å². The van der Waals surface area contributed by atoms with Crippen LogP contribution in [-0.2, 0) is 16.1 Å². The predicted molar refractivity (Wildman–Crippen MR) is 123 cm³/mol. The molecule has 1 aliphatic rings. The van der Waals surface area contributed by atoms with Gasteiger partial charge in [0.1, 0.15) is 10.9 Å². The van der Waals surface area contributed by atoms with E-state index in [1.807, 2.05) is 79.7 Å². The van der Waals surface area contributed by atoms with E-state index in [4.69, 9.17) is 12.2 Å². The van der Waals surface area contributed by atoms with Crippen molar-refractivity contribution in [1.29, 1.82) is 0 Å². The van der Waals surface area contributed by atoms with Gasteiger partial charge in [0.05, 0.1) is 4.91 Å². The van der Waals surface area contributed by atoms with Crippen LogP contribution in [0.2, 0.25) is 0 Å². The Balaban J connectivity index is 1.63. The van der Waals surface area contributed by atoms with Gasteiger partial charge in [-0.15, -0.1) is 0 Å². The molecular formula is C23H22N2O2S2. The fraction of sp³-hybridized carbons (Fsp3) is 0.174. The van der Waals surface area contributed by atoms with Crippen molar-refractivity contribution in [3.8, 4) is 0 Å². The van der Waals surface area contributed by atoms with Crippen molar-refractivity contribution in [2.75, 3.05) is 13.1 Å². The van der Waals surface area contributed by atoms with Gasteiger partial charge in [0, 0.05) is 13.1 Å². The molecule has 2 aromatic carbocycles. The van der Waals surface area contributed by atoms with Crippen LogP contribution in [0.4, 0.5) is 0 Å². The average molecular weight is 423 g/mol. The van der Waals surface area contributed by atoms with Crippen molar-refractivity contribution in [3.05, 3.63) is 88.8 Å². The van der Waals surface area contributed by atoms with Crippen LogP contribution in [0, 0.1) is 0 Å². The van der Waals surface area contributed by atoms with Crippen LogP contribution in [0.5, 0.6) is 0 Å². The quantitative estimate of drug-likeness (QED) is 0.487. The summed E-state index contributed by atoms with van der Waals surface area (Å²) in [5.74, 6) is -0.337. The highest BCUT2D eigenvalue weighted by Gasteiger charge is 2.33. The molecule has 0 aromatic heterocycles. The normalized spacial score (nSPS) is 15.5. The first-order valence-corrected chi connectivity index (χ1v) is 10.6. The topological polar surface area (TPSA) is 40.6 Å². The first kappa shape index (κ1) is 21.0. The minimum atomic E-state index is -0.221. The summed E-state index contributed by atoms with van der Waals surface area (Å²) < 4.78 is 0.415. The number of hydrogen-bond donors (Lipinski definition) is 0. The zero-order chi connectivity index (χ0) is 20.6. The summed E-state index contributed by atoms with van der Waals surface area (Å²) in [7, 11) is 0. The predicted octanol–water partition coefficient (Wildman–Crippen LogP) is 4.49. The third-order valence-electron chi connectivity index (χ3n) is 4.45. The van der Waals surface area contributed by atoms with Gasteiger partial charge in [0.15, 0.2) is 0 Å². The van der Waals surface area contributed by atoms with Crippen molar-refractivity contribution >= 4 is 46.2 Å². The van der Waals surface area contributed by atoms with Gasteiger partial charge < -0.3 is 4.90 Å². The molecule has 1 heterocycles. The number of nitrogens with zero attached hydrogens (tertiary/aromatic N) is 2. The van der Waals surface area contributed by atoms with Crippen molar-refractivity contribution in [1.82, 2.24) is 9.80 Å². The lowest BCUT2D eigenvalue weighted by Gasteiger charge is -2.23. The van der Waals surface area contributed by atoms with Crippen LogP contribution >= 0.6 is 24.0 Å². The molecule has 6 heteroatoms. The molecule has 0 atom stereocenters. The molecule has 148 valence electrons. The molecule has 2 amide bonds. The summed E-state index contributed by atoms with van der Waals surface area (Å²) in [5.41, 5.74) is 2.10. The molecule has 0 saturated carbocycles. The Morgan fingerprint density at radius 1 is 1.10 bits per heavy atom. The Morgan fingerprint density at radius 2 is 1.76 bits per heavy atom. The molecule has 3 rings (SSSR count).